The monoisotopic (exact) mass is 223 g/mol. The van der Waals surface area contributed by atoms with Crippen LogP contribution < -0.4 is 4.90 Å². The minimum absolute atomic E-state index is 0.163. The first-order valence-electron chi connectivity index (χ1n) is 5.57. The van der Waals surface area contributed by atoms with Crippen LogP contribution in [0.5, 0.6) is 0 Å². The number of aromatic nitrogens is 2. The number of aliphatic hydroxyl groups is 1. The topological polar surface area (TPSA) is 58.5 Å². The fraction of sp³-hybridized carbons (Fsp3) is 0.636. The van der Waals surface area contributed by atoms with Crippen molar-refractivity contribution >= 4 is 5.95 Å². The third-order valence-electron chi connectivity index (χ3n) is 2.65. The number of morpholine rings is 1. The van der Waals surface area contributed by atoms with E-state index in [1.807, 2.05) is 0 Å². The van der Waals surface area contributed by atoms with Crippen LogP contribution in [0.25, 0.3) is 0 Å². The second-order valence-electron chi connectivity index (χ2n) is 4.06. The van der Waals surface area contributed by atoms with Gasteiger partial charge in [0.2, 0.25) is 5.95 Å². The lowest BCUT2D eigenvalue weighted by Gasteiger charge is -2.36. The van der Waals surface area contributed by atoms with Gasteiger partial charge < -0.3 is 14.7 Å². The average Bonchev–Trinajstić information content (AvgIpc) is 2.30. The molecule has 1 aromatic rings. The van der Waals surface area contributed by atoms with Crippen molar-refractivity contribution in [1.82, 2.24) is 9.97 Å². The lowest BCUT2D eigenvalue weighted by atomic mass is 10.1. The van der Waals surface area contributed by atoms with Crippen molar-refractivity contribution in [2.45, 2.75) is 25.5 Å². The molecule has 0 radical (unpaired) electrons. The fourth-order valence-electron chi connectivity index (χ4n) is 1.95. The van der Waals surface area contributed by atoms with Crippen molar-refractivity contribution in [1.29, 1.82) is 0 Å². The number of anilines is 1. The second kappa shape index (κ2) is 5.23. The molecule has 0 amide bonds. The molecule has 2 rings (SSSR count). The van der Waals surface area contributed by atoms with Crippen molar-refractivity contribution in [3.8, 4) is 0 Å². The molecule has 2 unspecified atom stereocenters. The maximum absolute atomic E-state index is 9.45. The predicted molar refractivity (Wildman–Crippen MR) is 60.3 cm³/mol. The quantitative estimate of drug-likeness (QED) is 0.806. The summed E-state index contributed by atoms with van der Waals surface area (Å²) in [4.78, 5) is 10.6. The van der Waals surface area contributed by atoms with Crippen molar-refractivity contribution in [2.24, 2.45) is 0 Å². The highest BCUT2D eigenvalue weighted by Crippen LogP contribution is 2.17. The van der Waals surface area contributed by atoms with Gasteiger partial charge in [0, 0.05) is 18.9 Å². The summed E-state index contributed by atoms with van der Waals surface area (Å²) in [7, 11) is 0. The Hall–Kier alpha value is -1.20. The van der Waals surface area contributed by atoms with Crippen LogP contribution in [-0.4, -0.2) is 47.0 Å². The molecule has 16 heavy (non-hydrogen) atoms. The largest absolute Gasteiger partial charge is 0.393 e. The summed E-state index contributed by atoms with van der Waals surface area (Å²) in [6.07, 6.45) is 3.81. The smallest absolute Gasteiger partial charge is 0.225 e. The van der Waals surface area contributed by atoms with E-state index >= 15 is 0 Å². The summed E-state index contributed by atoms with van der Waals surface area (Å²) in [6, 6.07) is 1.96. The van der Waals surface area contributed by atoms with Gasteiger partial charge in [-0.3, -0.25) is 0 Å². The minimum atomic E-state index is -0.335. The Balaban J connectivity index is 2.10. The highest BCUT2D eigenvalue weighted by molar-refractivity contribution is 5.31. The van der Waals surface area contributed by atoms with Gasteiger partial charge in [-0.2, -0.15) is 0 Å². The minimum Gasteiger partial charge on any atom is -0.393 e. The van der Waals surface area contributed by atoms with E-state index in [2.05, 4.69) is 14.9 Å². The van der Waals surface area contributed by atoms with E-state index in [-0.39, 0.29) is 12.1 Å². The number of rotatable bonds is 3. The van der Waals surface area contributed by atoms with Gasteiger partial charge in [0.15, 0.2) is 0 Å². The molecule has 0 aliphatic carbocycles. The number of nitrogens with zero attached hydrogens (tertiary/aromatic N) is 3. The molecule has 1 N–H and O–H groups in total. The van der Waals surface area contributed by atoms with E-state index in [1.165, 1.54) is 0 Å². The lowest BCUT2D eigenvalue weighted by Crippen LogP contribution is -2.47. The van der Waals surface area contributed by atoms with E-state index in [0.717, 1.165) is 12.5 Å². The second-order valence-corrected chi connectivity index (χ2v) is 4.06. The highest BCUT2D eigenvalue weighted by Gasteiger charge is 2.25. The van der Waals surface area contributed by atoms with Crippen LogP contribution in [0.4, 0.5) is 5.95 Å². The molecule has 1 aliphatic heterocycles. The fourth-order valence-corrected chi connectivity index (χ4v) is 1.95. The third-order valence-corrected chi connectivity index (χ3v) is 2.65. The molecule has 1 fully saturated rings. The van der Waals surface area contributed by atoms with Crippen molar-refractivity contribution in [2.75, 3.05) is 24.7 Å². The third kappa shape index (κ3) is 2.68. The van der Waals surface area contributed by atoms with Crippen molar-refractivity contribution in [3.63, 3.8) is 0 Å². The van der Waals surface area contributed by atoms with Gasteiger partial charge in [-0.25, -0.2) is 9.97 Å². The Morgan fingerprint density at radius 3 is 3.00 bits per heavy atom. The normalized spacial score (nSPS) is 23.1. The Labute approximate surface area is 95.1 Å². The summed E-state index contributed by atoms with van der Waals surface area (Å²) < 4.78 is 5.43. The van der Waals surface area contributed by atoms with Gasteiger partial charge in [0.05, 0.1) is 25.4 Å². The summed E-state index contributed by atoms with van der Waals surface area (Å²) in [5.41, 5.74) is 0. The van der Waals surface area contributed by atoms with E-state index < -0.39 is 0 Å². The van der Waals surface area contributed by atoms with Crippen LogP contribution in [0, 0.1) is 0 Å². The molecule has 5 heteroatoms. The summed E-state index contributed by atoms with van der Waals surface area (Å²) in [5, 5.41) is 9.45. The Kier molecular flexibility index (Phi) is 3.69. The van der Waals surface area contributed by atoms with Gasteiger partial charge in [-0.15, -0.1) is 0 Å². The van der Waals surface area contributed by atoms with E-state index in [1.54, 1.807) is 25.4 Å². The predicted octanol–water partition coefficient (Wildman–Crippen LogP) is 0.453. The number of aliphatic hydroxyl groups excluding tert-OH is 1. The molecule has 1 aromatic heterocycles. The molecule has 0 spiro atoms. The van der Waals surface area contributed by atoms with Crippen LogP contribution in [0.15, 0.2) is 18.5 Å². The Morgan fingerprint density at radius 1 is 1.56 bits per heavy atom. The zero-order chi connectivity index (χ0) is 11.4. The lowest BCUT2D eigenvalue weighted by molar-refractivity contribution is 0.0714. The molecule has 0 bridgehead atoms. The molecule has 0 saturated carbocycles. The number of hydrogen-bond acceptors (Lipinski definition) is 5. The molecule has 1 aliphatic rings. The maximum atomic E-state index is 9.45. The van der Waals surface area contributed by atoms with Crippen LogP contribution in [0.2, 0.25) is 0 Å². The molecular weight excluding hydrogens is 206 g/mol. The van der Waals surface area contributed by atoms with Crippen LogP contribution in [-0.2, 0) is 4.74 Å². The SMILES string of the molecule is CC(O)CC1COCCN1c1ncccn1. The maximum Gasteiger partial charge on any atom is 0.225 e. The number of ether oxygens (including phenoxy) is 1. The van der Waals surface area contributed by atoms with E-state index in [0.29, 0.717) is 19.6 Å². The molecule has 2 atom stereocenters. The van der Waals surface area contributed by atoms with Crippen molar-refractivity contribution < 1.29 is 9.84 Å². The van der Waals surface area contributed by atoms with Crippen molar-refractivity contribution in [3.05, 3.63) is 18.5 Å². The summed E-state index contributed by atoms with van der Waals surface area (Å²) in [5.74, 6) is 0.719. The molecule has 1 saturated heterocycles. The molecule has 5 nitrogen and oxygen atoms in total. The van der Waals surface area contributed by atoms with Gasteiger partial charge in [0.1, 0.15) is 0 Å². The Bertz CT molecular complexity index is 318. The van der Waals surface area contributed by atoms with Crippen LogP contribution in [0.1, 0.15) is 13.3 Å². The average molecular weight is 223 g/mol. The van der Waals surface area contributed by atoms with Gasteiger partial charge >= 0.3 is 0 Å². The zero-order valence-electron chi connectivity index (χ0n) is 9.41. The zero-order valence-corrected chi connectivity index (χ0v) is 9.41. The molecule has 88 valence electrons. The van der Waals surface area contributed by atoms with Crippen LogP contribution >= 0.6 is 0 Å². The Morgan fingerprint density at radius 2 is 2.31 bits per heavy atom. The van der Waals surface area contributed by atoms with Gasteiger partial charge in [-0.05, 0) is 19.4 Å². The van der Waals surface area contributed by atoms with Crippen LogP contribution in [0.3, 0.4) is 0 Å². The highest BCUT2D eigenvalue weighted by atomic mass is 16.5. The van der Waals surface area contributed by atoms with Gasteiger partial charge in [0.25, 0.3) is 0 Å². The first-order chi connectivity index (χ1) is 7.77. The summed E-state index contributed by atoms with van der Waals surface area (Å²) in [6.45, 7) is 3.89. The number of hydrogen-bond donors (Lipinski definition) is 1. The molecule has 0 aromatic carbocycles. The summed E-state index contributed by atoms with van der Waals surface area (Å²) >= 11 is 0. The molecular formula is C11H17N3O2. The first kappa shape index (κ1) is 11.3. The first-order valence-corrected chi connectivity index (χ1v) is 5.57. The standard InChI is InChI=1S/C11H17N3O2/c1-9(15)7-10-8-16-6-5-14(10)11-12-3-2-4-13-11/h2-4,9-10,15H,5-8H2,1H3. The van der Waals surface area contributed by atoms with Gasteiger partial charge in [-0.1, -0.05) is 0 Å². The van der Waals surface area contributed by atoms with E-state index in [9.17, 15) is 5.11 Å². The molecule has 2 heterocycles. The van der Waals surface area contributed by atoms with E-state index in [4.69, 9.17) is 4.74 Å².